The Morgan fingerprint density at radius 1 is 1.27 bits per heavy atom. The van der Waals surface area contributed by atoms with E-state index in [4.69, 9.17) is 4.52 Å². The summed E-state index contributed by atoms with van der Waals surface area (Å²) < 4.78 is 5.16. The van der Waals surface area contributed by atoms with Gasteiger partial charge in [-0.05, 0) is 57.9 Å². The molecule has 7 heteroatoms. The molecule has 1 saturated carbocycles. The maximum Gasteiger partial charge on any atom is 0.231 e. The predicted molar refractivity (Wildman–Crippen MR) is 96.8 cm³/mol. The number of nitrogens with one attached hydrogen (secondary N) is 2. The molecule has 2 N–H and O–H groups in total. The SMILES string of the molecule is Cc1noc(C)c1C(C)C(=O)Nc1ccc(-c2n[nH]c(C3CC3)n2)cc1. The van der Waals surface area contributed by atoms with Gasteiger partial charge in [-0.3, -0.25) is 9.89 Å². The molecular weight excluding hydrogens is 330 g/mol. The van der Waals surface area contributed by atoms with Gasteiger partial charge in [0, 0.05) is 22.7 Å². The molecular formula is C19H21N5O2. The molecule has 3 aromatic rings. The van der Waals surface area contributed by atoms with Gasteiger partial charge in [0.1, 0.15) is 11.6 Å². The van der Waals surface area contributed by atoms with E-state index < -0.39 is 0 Å². The van der Waals surface area contributed by atoms with E-state index in [-0.39, 0.29) is 11.8 Å². The maximum atomic E-state index is 12.5. The lowest BCUT2D eigenvalue weighted by molar-refractivity contribution is -0.117. The van der Waals surface area contributed by atoms with Crippen molar-refractivity contribution in [1.82, 2.24) is 20.3 Å². The molecule has 0 aliphatic heterocycles. The van der Waals surface area contributed by atoms with Gasteiger partial charge >= 0.3 is 0 Å². The van der Waals surface area contributed by atoms with E-state index in [0.717, 1.165) is 28.3 Å². The highest BCUT2D eigenvalue weighted by atomic mass is 16.5. The van der Waals surface area contributed by atoms with Crippen LogP contribution in [0.4, 0.5) is 5.69 Å². The van der Waals surface area contributed by atoms with Crippen LogP contribution in [-0.4, -0.2) is 26.2 Å². The number of hydrogen-bond donors (Lipinski definition) is 2. The molecule has 1 aliphatic carbocycles. The highest BCUT2D eigenvalue weighted by Crippen LogP contribution is 2.38. The summed E-state index contributed by atoms with van der Waals surface area (Å²) in [4.78, 5) is 17.1. The summed E-state index contributed by atoms with van der Waals surface area (Å²) in [5.74, 6) is 2.44. The molecule has 2 heterocycles. The zero-order chi connectivity index (χ0) is 18.3. The van der Waals surface area contributed by atoms with Gasteiger partial charge in [0.15, 0.2) is 5.82 Å². The minimum atomic E-state index is -0.338. The van der Waals surface area contributed by atoms with Crippen molar-refractivity contribution >= 4 is 11.6 Å². The molecule has 26 heavy (non-hydrogen) atoms. The van der Waals surface area contributed by atoms with E-state index in [1.807, 2.05) is 45.0 Å². The van der Waals surface area contributed by atoms with Gasteiger partial charge in [-0.15, -0.1) is 0 Å². The first kappa shape index (κ1) is 16.5. The lowest BCUT2D eigenvalue weighted by Crippen LogP contribution is -2.19. The molecule has 1 aromatic carbocycles. The number of aryl methyl sites for hydroxylation is 2. The Bertz CT molecular complexity index is 918. The van der Waals surface area contributed by atoms with Crippen molar-refractivity contribution < 1.29 is 9.32 Å². The summed E-state index contributed by atoms with van der Waals surface area (Å²) in [7, 11) is 0. The molecule has 134 valence electrons. The van der Waals surface area contributed by atoms with Gasteiger partial charge in [-0.2, -0.15) is 5.10 Å². The lowest BCUT2D eigenvalue weighted by Gasteiger charge is -2.12. The van der Waals surface area contributed by atoms with Crippen molar-refractivity contribution in [2.75, 3.05) is 5.32 Å². The second-order valence-corrected chi connectivity index (χ2v) is 6.84. The van der Waals surface area contributed by atoms with Gasteiger partial charge in [-0.25, -0.2) is 4.98 Å². The van der Waals surface area contributed by atoms with Crippen molar-refractivity contribution in [1.29, 1.82) is 0 Å². The number of amides is 1. The number of aromatic nitrogens is 4. The minimum Gasteiger partial charge on any atom is -0.361 e. The molecule has 4 rings (SSSR count). The molecule has 1 aliphatic rings. The first-order valence-corrected chi connectivity index (χ1v) is 8.79. The highest BCUT2D eigenvalue weighted by molar-refractivity contribution is 5.96. The number of benzene rings is 1. The fourth-order valence-electron chi connectivity index (χ4n) is 3.14. The van der Waals surface area contributed by atoms with Crippen LogP contribution in [0.15, 0.2) is 28.8 Å². The zero-order valence-corrected chi connectivity index (χ0v) is 15.0. The Balaban J connectivity index is 1.45. The largest absolute Gasteiger partial charge is 0.361 e. The number of hydrogen-bond acceptors (Lipinski definition) is 5. The first-order chi connectivity index (χ1) is 12.5. The van der Waals surface area contributed by atoms with Crippen LogP contribution in [0.5, 0.6) is 0 Å². The highest BCUT2D eigenvalue weighted by Gasteiger charge is 2.27. The predicted octanol–water partition coefficient (Wildman–Crippen LogP) is 3.70. The van der Waals surface area contributed by atoms with Crippen molar-refractivity contribution in [3.63, 3.8) is 0 Å². The molecule has 1 fully saturated rings. The first-order valence-electron chi connectivity index (χ1n) is 8.79. The van der Waals surface area contributed by atoms with Crippen LogP contribution in [0.1, 0.15) is 54.4 Å². The van der Waals surface area contributed by atoms with Gasteiger partial charge in [-0.1, -0.05) is 5.16 Å². The summed E-state index contributed by atoms with van der Waals surface area (Å²) in [5.41, 5.74) is 3.24. The Morgan fingerprint density at radius 2 is 2.00 bits per heavy atom. The molecule has 1 unspecified atom stereocenters. The average Bonchev–Trinajstić information content (AvgIpc) is 3.27. The topological polar surface area (TPSA) is 96.7 Å². The Hall–Kier alpha value is -2.96. The van der Waals surface area contributed by atoms with Crippen molar-refractivity contribution in [2.24, 2.45) is 0 Å². The van der Waals surface area contributed by atoms with Crippen LogP contribution in [-0.2, 0) is 4.79 Å². The third-order valence-corrected chi connectivity index (χ3v) is 4.79. The van der Waals surface area contributed by atoms with Gasteiger partial charge in [0.05, 0.1) is 11.6 Å². The van der Waals surface area contributed by atoms with Crippen LogP contribution in [0.3, 0.4) is 0 Å². The van der Waals surface area contributed by atoms with Gasteiger partial charge in [0.25, 0.3) is 0 Å². The minimum absolute atomic E-state index is 0.0962. The Labute approximate surface area is 151 Å². The fraction of sp³-hybridized carbons (Fsp3) is 0.368. The van der Waals surface area contributed by atoms with Crippen LogP contribution >= 0.6 is 0 Å². The third kappa shape index (κ3) is 3.12. The lowest BCUT2D eigenvalue weighted by atomic mass is 9.98. The molecule has 1 amide bonds. The number of carbonyl (C=O) groups excluding carboxylic acids is 1. The van der Waals surface area contributed by atoms with E-state index in [9.17, 15) is 4.79 Å². The molecule has 2 aromatic heterocycles. The maximum absolute atomic E-state index is 12.5. The summed E-state index contributed by atoms with van der Waals surface area (Å²) in [6.45, 7) is 5.52. The van der Waals surface area contributed by atoms with Crippen LogP contribution in [0.2, 0.25) is 0 Å². The molecule has 7 nitrogen and oxygen atoms in total. The molecule has 0 spiro atoms. The summed E-state index contributed by atoms with van der Waals surface area (Å²) in [6, 6.07) is 7.55. The molecule has 0 saturated heterocycles. The van der Waals surface area contributed by atoms with Crippen molar-refractivity contribution in [3.8, 4) is 11.4 Å². The number of aromatic amines is 1. The normalized spacial score (nSPS) is 15.0. The Morgan fingerprint density at radius 3 is 2.62 bits per heavy atom. The smallest absolute Gasteiger partial charge is 0.231 e. The number of H-pyrrole nitrogens is 1. The fourth-order valence-corrected chi connectivity index (χ4v) is 3.14. The van der Waals surface area contributed by atoms with E-state index in [2.05, 4.69) is 25.7 Å². The number of anilines is 1. The quantitative estimate of drug-likeness (QED) is 0.730. The monoisotopic (exact) mass is 351 g/mol. The third-order valence-electron chi connectivity index (χ3n) is 4.79. The standard InChI is InChI=1S/C19H21N5O2/c1-10(16-11(2)24-26-12(16)3)19(25)20-15-8-6-14(7-9-15)18-21-17(22-23-18)13-4-5-13/h6-10,13H,4-5H2,1-3H3,(H,20,25)(H,21,22,23). The number of nitrogens with zero attached hydrogens (tertiary/aromatic N) is 3. The van der Waals surface area contributed by atoms with Gasteiger partial charge in [0.2, 0.25) is 5.91 Å². The van der Waals surface area contributed by atoms with E-state index in [0.29, 0.717) is 17.5 Å². The Kier molecular flexibility index (Phi) is 4.06. The second-order valence-electron chi connectivity index (χ2n) is 6.84. The number of carbonyl (C=O) groups is 1. The van der Waals surface area contributed by atoms with E-state index in [1.165, 1.54) is 12.8 Å². The number of rotatable bonds is 5. The second kappa shape index (κ2) is 6.40. The van der Waals surface area contributed by atoms with Gasteiger partial charge < -0.3 is 9.84 Å². The van der Waals surface area contributed by atoms with Crippen molar-refractivity contribution in [2.45, 2.75) is 45.4 Å². The van der Waals surface area contributed by atoms with Crippen LogP contribution < -0.4 is 5.32 Å². The summed E-state index contributed by atoms with van der Waals surface area (Å²) in [6.07, 6.45) is 2.37. The van der Waals surface area contributed by atoms with Crippen LogP contribution in [0.25, 0.3) is 11.4 Å². The van der Waals surface area contributed by atoms with E-state index in [1.54, 1.807) is 0 Å². The van der Waals surface area contributed by atoms with Crippen LogP contribution in [0, 0.1) is 13.8 Å². The summed E-state index contributed by atoms with van der Waals surface area (Å²) >= 11 is 0. The molecule has 1 atom stereocenters. The molecule has 0 bridgehead atoms. The summed E-state index contributed by atoms with van der Waals surface area (Å²) in [5, 5.41) is 14.1. The van der Waals surface area contributed by atoms with E-state index >= 15 is 0 Å². The van der Waals surface area contributed by atoms with Crippen molar-refractivity contribution in [3.05, 3.63) is 47.1 Å². The zero-order valence-electron chi connectivity index (χ0n) is 15.0. The average molecular weight is 351 g/mol. The molecule has 0 radical (unpaired) electrons.